The second-order valence-electron chi connectivity index (χ2n) is 5.36. The molecule has 0 spiro atoms. The zero-order chi connectivity index (χ0) is 13.9. The summed E-state index contributed by atoms with van der Waals surface area (Å²) in [4.78, 5) is 12.7. The predicted molar refractivity (Wildman–Crippen MR) is 60.4 cm³/mol. The number of nitrogens with two attached hydrogens (primary N) is 1. The number of alkyl halides is 3. The molecule has 2 N–H and O–H groups in total. The van der Waals surface area contributed by atoms with Gasteiger partial charge in [0.2, 0.25) is 5.91 Å². The van der Waals surface area contributed by atoms with Gasteiger partial charge in [-0.1, -0.05) is 20.8 Å². The number of nitrogens with zero attached hydrogens (tertiary/aromatic N) is 1. The van der Waals surface area contributed by atoms with Gasteiger partial charge in [-0.05, 0) is 5.41 Å². The number of halogens is 3. The van der Waals surface area contributed by atoms with Crippen LogP contribution in [0.1, 0.15) is 33.6 Å². The van der Waals surface area contributed by atoms with Crippen LogP contribution in [0.15, 0.2) is 0 Å². The first-order valence-corrected chi connectivity index (χ1v) is 5.50. The Labute approximate surface area is 100 Å². The van der Waals surface area contributed by atoms with Crippen LogP contribution in [0.3, 0.4) is 0 Å². The van der Waals surface area contributed by atoms with Crippen LogP contribution in [0.5, 0.6) is 0 Å². The molecule has 0 aromatic carbocycles. The van der Waals surface area contributed by atoms with Crippen LogP contribution in [0, 0.1) is 5.41 Å². The van der Waals surface area contributed by atoms with Gasteiger partial charge in [0, 0.05) is 26.1 Å². The van der Waals surface area contributed by atoms with E-state index in [9.17, 15) is 18.0 Å². The van der Waals surface area contributed by atoms with Crippen molar-refractivity contribution in [3.8, 4) is 0 Å². The zero-order valence-electron chi connectivity index (χ0n) is 10.8. The van der Waals surface area contributed by atoms with Crippen molar-refractivity contribution in [2.24, 2.45) is 11.1 Å². The summed E-state index contributed by atoms with van der Waals surface area (Å²) < 4.78 is 35.9. The van der Waals surface area contributed by atoms with Gasteiger partial charge < -0.3 is 10.6 Å². The Morgan fingerprint density at radius 1 is 1.29 bits per heavy atom. The van der Waals surface area contributed by atoms with Gasteiger partial charge in [0.1, 0.15) is 0 Å². The zero-order valence-corrected chi connectivity index (χ0v) is 10.8. The fourth-order valence-corrected chi connectivity index (χ4v) is 1.07. The number of rotatable bonds is 4. The van der Waals surface area contributed by atoms with Crippen LogP contribution in [-0.4, -0.2) is 36.6 Å². The van der Waals surface area contributed by atoms with Crippen LogP contribution in [-0.2, 0) is 4.79 Å². The van der Waals surface area contributed by atoms with E-state index >= 15 is 0 Å². The topological polar surface area (TPSA) is 46.3 Å². The molecule has 0 aliphatic heterocycles. The van der Waals surface area contributed by atoms with Crippen LogP contribution >= 0.6 is 0 Å². The summed E-state index contributed by atoms with van der Waals surface area (Å²) in [6, 6.07) is -0.358. The Kier molecular flexibility index (Phi) is 5.45. The van der Waals surface area contributed by atoms with Gasteiger partial charge >= 0.3 is 6.18 Å². The third-order valence-electron chi connectivity index (χ3n) is 2.66. The second kappa shape index (κ2) is 5.71. The summed E-state index contributed by atoms with van der Waals surface area (Å²) in [7, 11) is 1.36. The van der Waals surface area contributed by atoms with Crippen molar-refractivity contribution in [2.45, 2.75) is 45.8 Å². The largest absolute Gasteiger partial charge is 0.390 e. The van der Waals surface area contributed by atoms with E-state index in [0.29, 0.717) is 0 Å². The Balaban J connectivity index is 4.15. The molecule has 6 heteroatoms. The molecule has 0 saturated heterocycles. The second-order valence-corrected chi connectivity index (χ2v) is 5.36. The van der Waals surface area contributed by atoms with Crippen LogP contribution in [0.2, 0.25) is 0 Å². The first kappa shape index (κ1) is 16.2. The predicted octanol–water partition coefficient (Wildman–Crippen LogP) is 2.16. The highest BCUT2D eigenvalue weighted by atomic mass is 19.4. The number of carbonyl (C=O) groups is 1. The molecule has 17 heavy (non-hydrogen) atoms. The Morgan fingerprint density at radius 3 is 2.12 bits per heavy atom. The van der Waals surface area contributed by atoms with Crippen molar-refractivity contribution in [3.05, 3.63) is 0 Å². The number of carbonyl (C=O) groups excluding carboxylic acids is 1. The van der Waals surface area contributed by atoms with Crippen molar-refractivity contribution in [2.75, 3.05) is 13.6 Å². The molecule has 0 radical (unpaired) electrons. The van der Waals surface area contributed by atoms with E-state index in [0.717, 1.165) is 4.90 Å². The summed E-state index contributed by atoms with van der Waals surface area (Å²) in [5.41, 5.74) is 5.57. The molecule has 0 rings (SSSR count). The van der Waals surface area contributed by atoms with Crippen LogP contribution in [0.4, 0.5) is 13.2 Å². The average Bonchev–Trinajstić information content (AvgIpc) is 2.11. The van der Waals surface area contributed by atoms with Gasteiger partial charge in [-0.2, -0.15) is 13.2 Å². The van der Waals surface area contributed by atoms with Crippen molar-refractivity contribution in [3.63, 3.8) is 0 Å². The van der Waals surface area contributed by atoms with E-state index in [2.05, 4.69) is 0 Å². The van der Waals surface area contributed by atoms with E-state index in [4.69, 9.17) is 5.73 Å². The van der Waals surface area contributed by atoms with Crippen LogP contribution in [0.25, 0.3) is 0 Å². The molecule has 0 fully saturated rings. The Hall–Kier alpha value is -0.780. The summed E-state index contributed by atoms with van der Waals surface area (Å²) in [6.45, 7) is 5.35. The van der Waals surface area contributed by atoms with Gasteiger partial charge in [0.05, 0.1) is 6.42 Å². The van der Waals surface area contributed by atoms with Crippen LogP contribution < -0.4 is 5.73 Å². The molecular formula is C11H21F3N2O. The number of amides is 1. The molecule has 0 saturated carbocycles. The maximum atomic E-state index is 12.0. The highest BCUT2D eigenvalue weighted by molar-refractivity contribution is 5.76. The fourth-order valence-electron chi connectivity index (χ4n) is 1.07. The minimum Gasteiger partial charge on any atom is -0.345 e. The monoisotopic (exact) mass is 254 g/mol. The summed E-state index contributed by atoms with van der Waals surface area (Å²) in [6.07, 6.45) is -5.15. The maximum Gasteiger partial charge on any atom is 0.390 e. The minimum absolute atomic E-state index is 0.0673. The molecule has 0 aromatic heterocycles. The molecule has 102 valence electrons. The number of hydrogen-bond donors (Lipinski definition) is 1. The minimum atomic E-state index is -4.24. The van der Waals surface area contributed by atoms with Gasteiger partial charge in [0.25, 0.3) is 0 Å². The SMILES string of the molecule is CN(CCC(F)(F)F)C(=O)CC(N)C(C)(C)C. The van der Waals surface area contributed by atoms with Crippen molar-refractivity contribution in [1.82, 2.24) is 4.90 Å². The quantitative estimate of drug-likeness (QED) is 0.835. The molecule has 1 amide bonds. The van der Waals surface area contributed by atoms with Gasteiger partial charge in [-0.25, -0.2) is 0 Å². The summed E-state index contributed by atoms with van der Waals surface area (Å²) in [5.74, 6) is -0.350. The molecule has 0 bridgehead atoms. The third-order valence-corrected chi connectivity index (χ3v) is 2.66. The van der Waals surface area contributed by atoms with E-state index < -0.39 is 12.6 Å². The fraction of sp³-hybridized carbons (Fsp3) is 0.909. The van der Waals surface area contributed by atoms with E-state index in [-0.39, 0.29) is 30.3 Å². The Bertz CT molecular complexity index is 258. The molecule has 0 aliphatic carbocycles. The lowest BCUT2D eigenvalue weighted by Crippen LogP contribution is -2.41. The van der Waals surface area contributed by atoms with E-state index in [1.165, 1.54) is 7.05 Å². The van der Waals surface area contributed by atoms with Crippen molar-refractivity contribution in [1.29, 1.82) is 0 Å². The van der Waals surface area contributed by atoms with E-state index in [1.807, 2.05) is 20.8 Å². The smallest absolute Gasteiger partial charge is 0.345 e. The lowest BCUT2D eigenvalue weighted by Gasteiger charge is -2.28. The lowest BCUT2D eigenvalue weighted by atomic mass is 9.85. The maximum absolute atomic E-state index is 12.0. The molecule has 0 aliphatic rings. The first-order chi connectivity index (χ1) is 7.43. The normalized spacial score (nSPS) is 14.6. The highest BCUT2D eigenvalue weighted by Crippen LogP contribution is 2.22. The standard InChI is InChI=1S/C11H21F3N2O/c1-10(2,3)8(15)7-9(17)16(4)6-5-11(12,13)14/h8H,5-7,15H2,1-4H3. The Morgan fingerprint density at radius 2 is 1.76 bits per heavy atom. The van der Waals surface area contributed by atoms with Crippen molar-refractivity contribution < 1.29 is 18.0 Å². The van der Waals surface area contributed by atoms with Gasteiger partial charge in [0.15, 0.2) is 0 Å². The highest BCUT2D eigenvalue weighted by Gasteiger charge is 2.29. The summed E-state index contributed by atoms with van der Waals surface area (Å²) in [5, 5.41) is 0. The van der Waals surface area contributed by atoms with E-state index in [1.54, 1.807) is 0 Å². The molecule has 3 nitrogen and oxygen atoms in total. The van der Waals surface area contributed by atoms with Gasteiger partial charge in [-0.3, -0.25) is 4.79 Å². The molecule has 1 unspecified atom stereocenters. The first-order valence-electron chi connectivity index (χ1n) is 5.50. The molecule has 0 heterocycles. The molecule has 1 atom stereocenters. The third kappa shape index (κ3) is 7.20. The van der Waals surface area contributed by atoms with Crippen molar-refractivity contribution >= 4 is 5.91 Å². The molecular weight excluding hydrogens is 233 g/mol. The molecule has 0 aromatic rings. The lowest BCUT2D eigenvalue weighted by molar-refractivity contribution is -0.144. The van der Waals surface area contributed by atoms with Gasteiger partial charge in [-0.15, -0.1) is 0 Å². The average molecular weight is 254 g/mol. The summed E-state index contributed by atoms with van der Waals surface area (Å²) >= 11 is 0. The number of hydrogen-bond acceptors (Lipinski definition) is 2.